The number of primary amides is 1. The number of halogens is 1. The number of nitrogens with one attached hydrogen (secondary N) is 1. The molecule has 3 rings (SSSR count). The lowest BCUT2D eigenvalue weighted by Crippen LogP contribution is -2.22. The molecule has 1 aromatic heterocycles. The summed E-state index contributed by atoms with van der Waals surface area (Å²) in [6, 6.07) is 11.1. The average molecular weight is 395 g/mol. The van der Waals surface area contributed by atoms with E-state index in [1.54, 1.807) is 36.4 Å². The normalized spacial score (nSPS) is 11.0. The van der Waals surface area contributed by atoms with Gasteiger partial charge >= 0.3 is 6.09 Å². The Morgan fingerprint density at radius 1 is 1.21 bits per heavy atom. The molecule has 150 valence electrons. The highest BCUT2D eigenvalue weighted by atomic mass is 19.1. The van der Waals surface area contributed by atoms with Crippen molar-refractivity contribution in [2.75, 3.05) is 0 Å². The lowest BCUT2D eigenvalue weighted by atomic mass is 9.90. The monoisotopic (exact) mass is 395 g/mol. The molecule has 2 amide bonds. The van der Waals surface area contributed by atoms with E-state index in [0.717, 1.165) is 0 Å². The van der Waals surface area contributed by atoms with Crippen molar-refractivity contribution in [2.24, 2.45) is 11.7 Å². The summed E-state index contributed by atoms with van der Waals surface area (Å²) in [7, 11) is 0. The van der Waals surface area contributed by atoms with Crippen LogP contribution in [-0.4, -0.2) is 22.1 Å². The van der Waals surface area contributed by atoms with E-state index < -0.39 is 17.8 Å². The molecule has 2 aromatic carbocycles. The number of rotatable bonds is 6. The van der Waals surface area contributed by atoms with Crippen LogP contribution in [0.4, 0.5) is 9.18 Å². The zero-order valence-corrected chi connectivity index (χ0v) is 16.2. The third-order valence-corrected chi connectivity index (χ3v) is 4.62. The fourth-order valence-electron chi connectivity index (χ4n) is 3.39. The molecule has 0 radical (unpaired) electrons. The maximum Gasteiger partial charge on any atom is 0.404 e. The van der Waals surface area contributed by atoms with Crippen molar-refractivity contribution in [3.63, 3.8) is 0 Å². The number of amides is 2. The number of carbonyl (C=O) groups excluding carboxylic acids is 1. The van der Waals surface area contributed by atoms with Crippen LogP contribution in [0, 0.1) is 11.7 Å². The molecule has 1 heterocycles. The van der Waals surface area contributed by atoms with Crippen LogP contribution in [0.2, 0.25) is 0 Å². The zero-order valence-electron chi connectivity index (χ0n) is 16.2. The number of nitrogens with zero attached hydrogens (tertiary/aromatic N) is 1. The summed E-state index contributed by atoms with van der Waals surface area (Å²) in [5.74, 6) is -0.804. The predicted molar refractivity (Wildman–Crippen MR) is 109 cm³/mol. The van der Waals surface area contributed by atoms with E-state index in [-0.39, 0.29) is 18.0 Å². The molecule has 0 unspecified atom stereocenters. The van der Waals surface area contributed by atoms with Crippen LogP contribution in [0.1, 0.15) is 35.5 Å². The Morgan fingerprint density at radius 2 is 1.93 bits per heavy atom. The van der Waals surface area contributed by atoms with E-state index in [1.165, 1.54) is 6.07 Å². The van der Waals surface area contributed by atoms with Crippen molar-refractivity contribution in [3.8, 4) is 11.1 Å². The second-order valence-electron chi connectivity index (χ2n) is 7.24. The summed E-state index contributed by atoms with van der Waals surface area (Å²) in [5, 5.41) is 12.0. The van der Waals surface area contributed by atoms with Crippen molar-refractivity contribution in [2.45, 2.75) is 26.8 Å². The summed E-state index contributed by atoms with van der Waals surface area (Å²) in [4.78, 5) is 27.6. The van der Waals surface area contributed by atoms with Gasteiger partial charge in [-0.1, -0.05) is 32.0 Å². The maximum absolute atomic E-state index is 14.8. The van der Waals surface area contributed by atoms with E-state index in [4.69, 9.17) is 15.8 Å². The van der Waals surface area contributed by atoms with Gasteiger partial charge in [-0.3, -0.25) is 9.78 Å². The SMILES string of the molecule is CC(C)Cc1nc2ccc(C(N)=O)cc2c(-c2ccccc2F)c1CNC(=O)O. The third-order valence-electron chi connectivity index (χ3n) is 4.62. The van der Waals surface area contributed by atoms with Crippen molar-refractivity contribution in [1.82, 2.24) is 10.3 Å². The predicted octanol–water partition coefficient (Wildman–Crippen LogP) is 4.11. The van der Waals surface area contributed by atoms with Gasteiger partial charge < -0.3 is 16.2 Å². The molecule has 4 N–H and O–H groups in total. The van der Waals surface area contributed by atoms with E-state index in [9.17, 15) is 14.0 Å². The van der Waals surface area contributed by atoms with Crippen LogP contribution < -0.4 is 11.1 Å². The Kier molecular flexibility index (Phi) is 5.77. The first kappa shape index (κ1) is 20.3. The van der Waals surface area contributed by atoms with Gasteiger partial charge in [-0.25, -0.2) is 9.18 Å². The molecule has 0 saturated carbocycles. The molecule has 0 aliphatic rings. The van der Waals surface area contributed by atoms with Gasteiger partial charge in [-0.2, -0.15) is 0 Å². The minimum absolute atomic E-state index is 0.0369. The summed E-state index contributed by atoms with van der Waals surface area (Å²) in [6.45, 7) is 4.02. The second kappa shape index (κ2) is 8.26. The first-order valence-electron chi connectivity index (χ1n) is 9.25. The van der Waals surface area contributed by atoms with Gasteiger partial charge in [0.15, 0.2) is 0 Å². The fourth-order valence-corrected chi connectivity index (χ4v) is 3.39. The number of pyridine rings is 1. The smallest absolute Gasteiger partial charge is 0.404 e. The topological polar surface area (TPSA) is 105 Å². The molecular weight excluding hydrogens is 373 g/mol. The Balaban J connectivity index is 2.41. The molecule has 0 bridgehead atoms. The highest BCUT2D eigenvalue weighted by molar-refractivity contribution is 6.02. The third kappa shape index (κ3) is 4.34. The Hall–Kier alpha value is -3.48. The molecule has 0 aliphatic heterocycles. The van der Waals surface area contributed by atoms with E-state index in [0.29, 0.717) is 39.7 Å². The number of carbonyl (C=O) groups is 2. The molecule has 3 aromatic rings. The minimum atomic E-state index is -1.19. The van der Waals surface area contributed by atoms with Crippen molar-refractivity contribution in [1.29, 1.82) is 0 Å². The minimum Gasteiger partial charge on any atom is -0.465 e. The van der Waals surface area contributed by atoms with Crippen LogP contribution in [-0.2, 0) is 13.0 Å². The summed E-state index contributed by atoms with van der Waals surface area (Å²) >= 11 is 0. The van der Waals surface area contributed by atoms with Gasteiger partial charge in [-0.05, 0) is 36.6 Å². The standard InChI is InChI=1S/C22H22FN3O3/c1-12(2)9-19-16(11-25-22(28)29)20(14-5-3-4-6-17(14)23)15-10-13(21(24)27)7-8-18(15)26-19/h3-8,10,12,25H,9,11H2,1-2H3,(H2,24,27)(H,28,29). The summed E-state index contributed by atoms with van der Waals surface area (Å²) in [5.41, 5.74) is 8.39. The quantitative estimate of drug-likeness (QED) is 0.584. The molecule has 0 spiro atoms. The zero-order chi connectivity index (χ0) is 21.1. The van der Waals surface area contributed by atoms with Crippen molar-refractivity contribution >= 4 is 22.9 Å². The van der Waals surface area contributed by atoms with Gasteiger partial charge in [0.25, 0.3) is 0 Å². The molecule has 7 heteroatoms. The van der Waals surface area contributed by atoms with Crippen LogP contribution in [0.5, 0.6) is 0 Å². The number of carboxylic acid groups (broad SMARTS) is 1. The van der Waals surface area contributed by atoms with E-state index in [2.05, 4.69) is 5.32 Å². The van der Waals surface area contributed by atoms with Crippen LogP contribution in [0.15, 0.2) is 42.5 Å². The largest absolute Gasteiger partial charge is 0.465 e. The molecule has 0 fully saturated rings. The van der Waals surface area contributed by atoms with Crippen molar-refractivity contribution in [3.05, 3.63) is 65.1 Å². The Labute approximate surface area is 167 Å². The second-order valence-corrected chi connectivity index (χ2v) is 7.24. The maximum atomic E-state index is 14.8. The Morgan fingerprint density at radius 3 is 2.55 bits per heavy atom. The van der Waals surface area contributed by atoms with Gasteiger partial charge in [0.05, 0.1) is 5.52 Å². The van der Waals surface area contributed by atoms with Crippen LogP contribution in [0.3, 0.4) is 0 Å². The first-order valence-corrected chi connectivity index (χ1v) is 9.25. The van der Waals surface area contributed by atoms with Crippen LogP contribution in [0.25, 0.3) is 22.0 Å². The first-order chi connectivity index (χ1) is 13.8. The molecule has 0 aliphatic carbocycles. The van der Waals surface area contributed by atoms with Gasteiger partial charge in [0.2, 0.25) is 5.91 Å². The van der Waals surface area contributed by atoms with Gasteiger partial charge in [-0.15, -0.1) is 0 Å². The number of benzene rings is 2. The molecule has 0 saturated heterocycles. The number of fused-ring (bicyclic) bond motifs is 1. The molecule has 0 atom stereocenters. The lowest BCUT2D eigenvalue weighted by molar-refractivity contribution is 0.100. The highest BCUT2D eigenvalue weighted by Gasteiger charge is 2.21. The fraction of sp³-hybridized carbons (Fsp3) is 0.227. The number of aromatic nitrogens is 1. The number of hydrogen-bond donors (Lipinski definition) is 3. The van der Waals surface area contributed by atoms with Gasteiger partial charge in [0.1, 0.15) is 5.82 Å². The summed E-state index contributed by atoms with van der Waals surface area (Å²) in [6.07, 6.45) is -0.600. The summed E-state index contributed by atoms with van der Waals surface area (Å²) < 4.78 is 14.8. The Bertz CT molecular complexity index is 1100. The van der Waals surface area contributed by atoms with Crippen molar-refractivity contribution < 1.29 is 19.1 Å². The van der Waals surface area contributed by atoms with Gasteiger partial charge in [0, 0.05) is 39.9 Å². The lowest BCUT2D eigenvalue weighted by Gasteiger charge is -2.19. The van der Waals surface area contributed by atoms with Crippen LogP contribution >= 0.6 is 0 Å². The average Bonchev–Trinajstić information content (AvgIpc) is 2.65. The number of hydrogen-bond acceptors (Lipinski definition) is 3. The van der Waals surface area contributed by atoms with E-state index in [1.807, 2.05) is 13.8 Å². The van der Waals surface area contributed by atoms with E-state index >= 15 is 0 Å². The molecular formula is C22H22FN3O3. The molecule has 29 heavy (non-hydrogen) atoms. The highest BCUT2D eigenvalue weighted by Crippen LogP contribution is 2.36. The number of nitrogens with two attached hydrogens (primary N) is 1. The molecule has 6 nitrogen and oxygen atoms in total.